The minimum atomic E-state index is 0.611. The van der Waals surface area contributed by atoms with Crippen LogP contribution in [0.4, 0.5) is 0 Å². The first-order chi connectivity index (χ1) is 6.90. The monoisotopic (exact) mass is 194 g/mol. The van der Waals surface area contributed by atoms with Crippen molar-refractivity contribution in [2.45, 2.75) is 62.9 Å². The Kier molecular flexibility index (Phi) is 1.58. The molecule has 0 N–H and O–H groups in total. The first kappa shape index (κ1) is 8.12. The fourth-order valence-electron chi connectivity index (χ4n) is 4.02. The quantitative estimate of drug-likeness (QED) is 0.636. The van der Waals surface area contributed by atoms with E-state index in [4.69, 9.17) is 9.47 Å². The highest BCUT2D eigenvalue weighted by Gasteiger charge is 2.51. The van der Waals surface area contributed by atoms with Crippen LogP contribution in [0.3, 0.4) is 0 Å². The molecule has 4 saturated heterocycles. The minimum Gasteiger partial charge on any atom is -0.374 e. The zero-order valence-electron chi connectivity index (χ0n) is 8.52. The molecule has 6 atom stereocenters. The van der Waals surface area contributed by atoms with Gasteiger partial charge in [-0.2, -0.15) is 0 Å². The molecule has 0 spiro atoms. The summed E-state index contributed by atoms with van der Waals surface area (Å²) in [6.45, 7) is 0. The summed E-state index contributed by atoms with van der Waals surface area (Å²) in [6, 6.07) is 0. The van der Waals surface area contributed by atoms with E-state index in [1.165, 1.54) is 38.5 Å². The van der Waals surface area contributed by atoms with Gasteiger partial charge in [0.25, 0.3) is 0 Å². The summed E-state index contributed by atoms with van der Waals surface area (Å²) >= 11 is 0. The molecule has 6 aliphatic rings. The average molecular weight is 194 g/mol. The third-order valence-electron chi connectivity index (χ3n) is 4.87. The molecular formula is C12H18O2. The third kappa shape index (κ3) is 0.989. The molecule has 2 aliphatic carbocycles. The van der Waals surface area contributed by atoms with E-state index >= 15 is 0 Å². The van der Waals surface area contributed by atoms with E-state index in [0.29, 0.717) is 24.4 Å². The van der Waals surface area contributed by atoms with Gasteiger partial charge in [0.05, 0.1) is 24.4 Å². The second-order valence-electron chi connectivity index (χ2n) is 5.55. The summed E-state index contributed by atoms with van der Waals surface area (Å²) < 4.78 is 11.7. The topological polar surface area (TPSA) is 18.5 Å². The lowest BCUT2D eigenvalue weighted by Gasteiger charge is -2.55. The van der Waals surface area contributed by atoms with E-state index in [-0.39, 0.29) is 0 Å². The van der Waals surface area contributed by atoms with Gasteiger partial charge in [0.15, 0.2) is 0 Å². The van der Waals surface area contributed by atoms with Crippen LogP contribution in [0.2, 0.25) is 0 Å². The number of hydrogen-bond acceptors (Lipinski definition) is 2. The van der Waals surface area contributed by atoms with E-state index in [9.17, 15) is 0 Å². The summed E-state index contributed by atoms with van der Waals surface area (Å²) in [6.07, 6.45) is 10.6. The van der Waals surface area contributed by atoms with Crippen molar-refractivity contribution in [3.63, 3.8) is 0 Å². The zero-order chi connectivity index (χ0) is 9.12. The Morgan fingerprint density at radius 1 is 0.643 bits per heavy atom. The first-order valence-corrected chi connectivity index (χ1v) is 6.21. The van der Waals surface area contributed by atoms with Gasteiger partial charge in [0.2, 0.25) is 0 Å². The lowest BCUT2D eigenvalue weighted by Crippen LogP contribution is -2.57. The second-order valence-corrected chi connectivity index (χ2v) is 5.55. The van der Waals surface area contributed by atoms with Crippen molar-refractivity contribution in [3.05, 3.63) is 0 Å². The van der Waals surface area contributed by atoms with E-state index in [1.807, 2.05) is 0 Å². The first-order valence-electron chi connectivity index (χ1n) is 6.21. The fourth-order valence-corrected chi connectivity index (χ4v) is 4.02. The van der Waals surface area contributed by atoms with Crippen LogP contribution in [0.25, 0.3) is 0 Å². The predicted octanol–water partition coefficient (Wildman–Crippen LogP) is 2.12. The molecular weight excluding hydrogens is 176 g/mol. The van der Waals surface area contributed by atoms with Crippen molar-refractivity contribution in [2.24, 2.45) is 11.8 Å². The Hall–Kier alpha value is -0.0800. The van der Waals surface area contributed by atoms with Crippen LogP contribution in [0.15, 0.2) is 0 Å². The fraction of sp³-hybridized carbons (Fsp3) is 1.00. The van der Waals surface area contributed by atoms with Crippen molar-refractivity contribution >= 4 is 0 Å². The average Bonchev–Trinajstić information content (AvgIpc) is 2.15. The van der Waals surface area contributed by atoms with Crippen molar-refractivity contribution in [3.8, 4) is 0 Å². The molecule has 2 saturated carbocycles. The van der Waals surface area contributed by atoms with Crippen LogP contribution < -0.4 is 0 Å². The standard InChI is InChI=1S/C12H18O2/c1-3-9(11-5-7(1)13-11)10-4-2-8-6-12(10)14-8/h7-12H,1-6H2. The summed E-state index contributed by atoms with van der Waals surface area (Å²) in [4.78, 5) is 0. The van der Waals surface area contributed by atoms with Crippen LogP contribution in [0.1, 0.15) is 38.5 Å². The second kappa shape index (κ2) is 2.73. The number of ether oxygens (including phenoxy) is 2. The highest BCUT2D eigenvalue weighted by Crippen LogP contribution is 2.50. The third-order valence-corrected chi connectivity index (χ3v) is 4.87. The molecule has 0 aromatic heterocycles. The van der Waals surface area contributed by atoms with Gasteiger partial charge in [0, 0.05) is 12.8 Å². The number of rotatable bonds is 1. The molecule has 0 amide bonds. The molecule has 0 aromatic carbocycles. The van der Waals surface area contributed by atoms with E-state index in [2.05, 4.69) is 0 Å². The molecule has 2 heteroatoms. The van der Waals surface area contributed by atoms with Gasteiger partial charge in [-0.3, -0.25) is 0 Å². The molecule has 0 aromatic rings. The van der Waals surface area contributed by atoms with Crippen molar-refractivity contribution in [1.29, 1.82) is 0 Å². The SMILES string of the molecule is C1CC(C2CCC3CC2O3)C2CC1O2. The molecule has 2 nitrogen and oxygen atoms in total. The molecule has 4 heterocycles. The van der Waals surface area contributed by atoms with Crippen LogP contribution >= 0.6 is 0 Å². The van der Waals surface area contributed by atoms with Gasteiger partial charge < -0.3 is 9.47 Å². The summed E-state index contributed by atoms with van der Waals surface area (Å²) in [5.41, 5.74) is 0. The van der Waals surface area contributed by atoms with E-state index in [0.717, 1.165) is 11.8 Å². The van der Waals surface area contributed by atoms with Crippen molar-refractivity contribution in [1.82, 2.24) is 0 Å². The Labute approximate surface area is 85.0 Å². The minimum absolute atomic E-state index is 0.611. The lowest BCUT2D eigenvalue weighted by atomic mass is 9.65. The molecule has 6 rings (SSSR count). The molecule has 78 valence electrons. The van der Waals surface area contributed by atoms with Gasteiger partial charge in [-0.1, -0.05) is 0 Å². The Bertz CT molecular complexity index is 209. The molecule has 6 fully saturated rings. The van der Waals surface area contributed by atoms with Crippen LogP contribution in [0, 0.1) is 11.8 Å². The zero-order valence-corrected chi connectivity index (χ0v) is 8.52. The molecule has 4 aliphatic heterocycles. The van der Waals surface area contributed by atoms with Crippen LogP contribution in [0.5, 0.6) is 0 Å². The van der Waals surface area contributed by atoms with Gasteiger partial charge in [-0.25, -0.2) is 0 Å². The number of hydrogen-bond donors (Lipinski definition) is 0. The smallest absolute Gasteiger partial charge is 0.0635 e. The van der Waals surface area contributed by atoms with Gasteiger partial charge in [-0.05, 0) is 37.5 Å². The van der Waals surface area contributed by atoms with Gasteiger partial charge in [0.1, 0.15) is 0 Å². The molecule has 0 radical (unpaired) electrons. The maximum absolute atomic E-state index is 5.85. The highest BCUT2D eigenvalue weighted by atomic mass is 16.5. The normalized spacial score (nSPS) is 60.0. The van der Waals surface area contributed by atoms with Gasteiger partial charge in [-0.15, -0.1) is 0 Å². The lowest BCUT2D eigenvalue weighted by molar-refractivity contribution is -0.246. The summed E-state index contributed by atoms with van der Waals surface area (Å²) in [5.74, 6) is 1.68. The van der Waals surface area contributed by atoms with E-state index in [1.54, 1.807) is 0 Å². The molecule has 6 unspecified atom stereocenters. The summed E-state index contributed by atoms with van der Waals surface area (Å²) in [7, 11) is 0. The van der Waals surface area contributed by atoms with Crippen LogP contribution in [-0.4, -0.2) is 24.4 Å². The Morgan fingerprint density at radius 2 is 1.07 bits per heavy atom. The largest absolute Gasteiger partial charge is 0.374 e. The Balaban J connectivity index is 1.50. The molecule has 4 bridgehead atoms. The highest BCUT2D eigenvalue weighted by molar-refractivity contribution is 4.99. The predicted molar refractivity (Wildman–Crippen MR) is 52.0 cm³/mol. The van der Waals surface area contributed by atoms with Crippen molar-refractivity contribution in [2.75, 3.05) is 0 Å². The van der Waals surface area contributed by atoms with E-state index < -0.39 is 0 Å². The maximum Gasteiger partial charge on any atom is 0.0635 e. The number of fused-ring (bicyclic) bond motifs is 5. The van der Waals surface area contributed by atoms with Crippen LogP contribution in [-0.2, 0) is 9.47 Å². The summed E-state index contributed by atoms with van der Waals surface area (Å²) in [5, 5.41) is 0. The Morgan fingerprint density at radius 3 is 1.36 bits per heavy atom. The maximum atomic E-state index is 5.85. The van der Waals surface area contributed by atoms with Gasteiger partial charge >= 0.3 is 0 Å². The molecule has 14 heavy (non-hydrogen) atoms. The van der Waals surface area contributed by atoms with Crippen molar-refractivity contribution < 1.29 is 9.47 Å².